The molecule has 0 bridgehead atoms. The third kappa shape index (κ3) is 2.25. The summed E-state index contributed by atoms with van der Waals surface area (Å²) in [5, 5.41) is 0. The van der Waals surface area contributed by atoms with Crippen LogP contribution in [0.25, 0.3) is 0 Å². The fourth-order valence-corrected chi connectivity index (χ4v) is 4.34. The van der Waals surface area contributed by atoms with Gasteiger partial charge in [-0.05, 0) is 44.1 Å². The minimum atomic E-state index is 0.172. The van der Waals surface area contributed by atoms with Crippen molar-refractivity contribution in [1.29, 1.82) is 0 Å². The zero-order valence-corrected chi connectivity index (χ0v) is 11.2. The van der Waals surface area contributed by atoms with E-state index in [0.29, 0.717) is 6.04 Å². The van der Waals surface area contributed by atoms with Crippen LogP contribution in [0.5, 0.6) is 0 Å². The van der Waals surface area contributed by atoms with E-state index in [1.807, 2.05) is 6.20 Å². The molecule has 17 heavy (non-hydrogen) atoms. The molecule has 3 heterocycles. The summed E-state index contributed by atoms with van der Waals surface area (Å²) in [6.07, 6.45) is 8.78. The van der Waals surface area contributed by atoms with Gasteiger partial charge < -0.3 is 9.30 Å². The second-order valence-corrected chi connectivity index (χ2v) is 6.40. The van der Waals surface area contributed by atoms with E-state index < -0.39 is 0 Å². The molecule has 0 radical (unpaired) electrons. The summed E-state index contributed by atoms with van der Waals surface area (Å²) in [6.45, 7) is 3.01. The average molecular weight is 252 g/mol. The first kappa shape index (κ1) is 11.6. The van der Waals surface area contributed by atoms with Crippen molar-refractivity contribution in [2.75, 3.05) is 18.1 Å². The van der Waals surface area contributed by atoms with Crippen molar-refractivity contribution in [1.82, 2.24) is 9.55 Å². The summed E-state index contributed by atoms with van der Waals surface area (Å²) < 4.78 is 8.47. The van der Waals surface area contributed by atoms with Gasteiger partial charge in [0.2, 0.25) is 0 Å². The molecule has 1 atom stereocenters. The van der Waals surface area contributed by atoms with Gasteiger partial charge in [0.1, 0.15) is 5.82 Å². The van der Waals surface area contributed by atoms with Crippen LogP contribution in [0.3, 0.4) is 0 Å². The number of ether oxygens (including phenoxy) is 1. The molecule has 0 amide bonds. The van der Waals surface area contributed by atoms with Gasteiger partial charge in [-0.2, -0.15) is 11.8 Å². The van der Waals surface area contributed by atoms with Gasteiger partial charge in [0.15, 0.2) is 0 Å². The fraction of sp³-hybridized carbons (Fsp3) is 0.769. The van der Waals surface area contributed by atoms with Crippen molar-refractivity contribution in [3.63, 3.8) is 0 Å². The van der Waals surface area contributed by atoms with Gasteiger partial charge in [0.25, 0.3) is 0 Å². The maximum Gasteiger partial charge on any atom is 0.105 e. The van der Waals surface area contributed by atoms with Crippen LogP contribution in [0.2, 0.25) is 0 Å². The molecule has 3 nitrogen and oxygen atoms in total. The van der Waals surface area contributed by atoms with Crippen molar-refractivity contribution in [3.8, 4) is 0 Å². The first-order valence-corrected chi connectivity index (χ1v) is 7.66. The number of hydrogen-bond donors (Lipinski definition) is 0. The molecule has 2 aliphatic heterocycles. The predicted octanol–water partition coefficient (Wildman–Crippen LogP) is 2.81. The Morgan fingerprint density at radius 3 is 3.00 bits per heavy atom. The minimum Gasteiger partial charge on any atom is -0.375 e. The highest BCUT2D eigenvalue weighted by atomic mass is 32.2. The smallest absolute Gasteiger partial charge is 0.105 e. The number of aromatic nitrogens is 2. The van der Waals surface area contributed by atoms with E-state index in [-0.39, 0.29) is 5.60 Å². The molecule has 1 unspecified atom stereocenters. The molecular formula is C13H20N2OS. The fourth-order valence-electron chi connectivity index (χ4n) is 3.10. The second-order valence-electron chi connectivity index (χ2n) is 5.17. The van der Waals surface area contributed by atoms with Gasteiger partial charge in [-0.3, -0.25) is 0 Å². The Kier molecular flexibility index (Phi) is 3.17. The zero-order valence-electron chi connectivity index (χ0n) is 10.4. The summed E-state index contributed by atoms with van der Waals surface area (Å²) in [5.74, 6) is 3.66. The topological polar surface area (TPSA) is 27.1 Å². The number of nitrogens with zero attached hydrogens (tertiary/aromatic N) is 2. The van der Waals surface area contributed by atoms with Gasteiger partial charge in [-0.15, -0.1) is 0 Å². The number of imidazole rings is 1. The van der Waals surface area contributed by atoms with Crippen LogP contribution < -0.4 is 0 Å². The Hall–Kier alpha value is -0.480. The van der Waals surface area contributed by atoms with Crippen LogP contribution in [-0.2, 0) is 4.74 Å². The van der Waals surface area contributed by atoms with Crippen molar-refractivity contribution >= 4 is 11.8 Å². The predicted molar refractivity (Wildman–Crippen MR) is 70.5 cm³/mol. The Labute approximate surface area is 107 Å². The van der Waals surface area contributed by atoms with Gasteiger partial charge in [-0.1, -0.05) is 0 Å². The van der Waals surface area contributed by atoms with Gasteiger partial charge in [-0.25, -0.2) is 4.98 Å². The minimum absolute atomic E-state index is 0.172. The third-order valence-electron chi connectivity index (χ3n) is 4.13. The molecule has 0 saturated carbocycles. The van der Waals surface area contributed by atoms with Gasteiger partial charge >= 0.3 is 0 Å². The monoisotopic (exact) mass is 252 g/mol. The quantitative estimate of drug-likeness (QED) is 0.769. The number of rotatable bonds is 1. The molecular weight excluding hydrogens is 232 g/mol. The van der Waals surface area contributed by atoms with E-state index >= 15 is 0 Å². The van der Waals surface area contributed by atoms with E-state index in [4.69, 9.17) is 4.74 Å². The van der Waals surface area contributed by atoms with E-state index in [1.54, 1.807) is 0 Å². The van der Waals surface area contributed by atoms with Crippen molar-refractivity contribution in [3.05, 3.63) is 18.2 Å². The van der Waals surface area contributed by atoms with Crippen LogP contribution >= 0.6 is 11.8 Å². The zero-order chi connectivity index (χ0) is 11.7. The lowest BCUT2D eigenvalue weighted by molar-refractivity contribution is -0.0990. The van der Waals surface area contributed by atoms with Crippen LogP contribution in [0.1, 0.15) is 37.5 Å². The highest BCUT2D eigenvalue weighted by molar-refractivity contribution is 7.99. The molecule has 1 spiro atoms. The molecule has 2 saturated heterocycles. The Balaban J connectivity index is 1.77. The molecule has 94 valence electrons. The SMILES string of the molecule is Cc1nccn1C1CCOC2(CCSCC2)C1. The maximum absolute atomic E-state index is 6.13. The largest absolute Gasteiger partial charge is 0.375 e. The first-order chi connectivity index (χ1) is 8.29. The summed E-state index contributed by atoms with van der Waals surface area (Å²) >= 11 is 2.07. The molecule has 0 aliphatic carbocycles. The van der Waals surface area contributed by atoms with Crippen LogP contribution in [0.4, 0.5) is 0 Å². The van der Waals surface area contributed by atoms with Crippen LogP contribution in [0, 0.1) is 6.92 Å². The Morgan fingerprint density at radius 1 is 1.47 bits per heavy atom. The molecule has 0 aromatic carbocycles. The average Bonchev–Trinajstić information content (AvgIpc) is 2.77. The van der Waals surface area contributed by atoms with Crippen molar-refractivity contribution in [2.24, 2.45) is 0 Å². The van der Waals surface area contributed by atoms with E-state index in [9.17, 15) is 0 Å². The number of hydrogen-bond acceptors (Lipinski definition) is 3. The second kappa shape index (κ2) is 4.65. The lowest BCUT2D eigenvalue weighted by Crippen LogP contribution is -2.43. The molecule has 0 N–H and O–H groups in total. The van der Waals surface area contributed by atoms with Crippen molar-refractivity contribution in [2.45, 2.75) is 44.2 Å². The molecule has 2 aliphatic rings. The molecule has 4 heteroatoms. The highest BCUT2D eigenvalue weighted by Crippen LogP contribution is 2.41. The molecule has 3 rings (SSSR count). The number of aryl methyl sites for hydroxylation is 1. The summed E-state index contributed by atoms with van der Waals surface area (Å²) in [5.41, 5.74) is 0.172. The lowest BCUT2D eigenvalue weighted by Gasteiger charge is -2.43. The lowest BCUT2D eigenvalue weighted by atomic mass is 9.85. The Bertz CT molecular complexity index is 379. The third-order valence-corrected chi connectivity index (χ3v) is 5.11. The highest BCUT2D eigenvalue weighted by Gasteiger charge is 2.39. The van der Waals surface area contributed by atoms with Gasteiger partial charge in [0.05, 0.1) is 5.60 Å². The van der Waals surface area contributed by atoms with Crippen LogP contribution in [-0.4, -0.2) is 33.3 Å². The normalized spacial score (nSPS) is 28.4. The molecule has 1 aromatic heterocycles. The molecule has 1 aromatic rings. The Morgan fingerprint density at radius 2 is 2.29 bits per heavy atom. The summed E-state index contributed by atoms with van der Waals surface area (Å²) in [7, 11) is 0. The van der Waals surface area contributed by atoms with Crippen LogP contribution in [0.15, 0.2) is 12.4 Å². The summed E-state index contributed by atoms with van der Waals surface area (Å²) in [6, 6.07) is 0.592. The molecule has 2 fully saturated rings. The van der Waals surface area contributed by atoms with Crippen molar-refractivity contribution < 1.29 is 4.74 Å². The first-order valence-electron chi connectivity index (χ1n) is 6.50. The number of thioether (sulfide) groups is 1. The summed E-state index contributed by atoms with van der Waals surface area (Å²) in [4.78, 5) is 4.34. The standard InChI is InChI=1S/C13H20N2OS/c1-11-14-5-6-15(11)12-2-7-16-13(10-12)3-8-17-9-4-13/h5-6,12H,2-4,7-10H2,1H3. The van der Waals surface area contributed by atoms with E-state index in [1.165, 1.54) is 30.8 Å². The maximum atomic E-state index is 6.13. The van der Waals surface area contributed by atoms with E-state index in [2.05, 4.69) is 34.4 Å². The van der Waals surface area contributed by atoms with Gasteiger partial charge in [0, 0.05) is 25.0 Å². The van der Waals surface area contributed by atoms with E-state index in [0.717, 1.165) is 18.9 Å².